The van der Waals surface area contributed by atoms with Crippen LogP contribution in [0.1, 0.15) is 31.2 Å². The summed E-state index contributed by atoms with van der Waals surface area (Å²) in [5.74, 6) is 2.80. The van der Waals surface area contributed by atoms with Gasteiger partial charge < -0.3 is 14.6 Å². The average molecular weight is 367 g/mol. The van der Waals surface area contributed by atoms with Crippen molar-refractivity contribution in [1.82, 2.24) is 0 Å². The largest absolute Gasteiger partial charge is 0.497 e. The highest BCUT2D eigenvalue weighted by Gasteiger charge is 2.52. The van der Waals surface area contributed by atoms with Gasteiger partial charge >= 0.3 is 0 Å². The Balaban J connectivity index is 1.80. The molecule has 5 nitrogen and oxygen atoms in total. The number of amidine groups is 1. The lowest BCUT2D eigenvalue weighted by Gasteiger charge is -2.24. The average Bonchev–Trinajstić information content (AvgIpc) is 2.87. The predicted octanol–water partition coefficient (Wildman–Crippen LogP) is 3.35. The Kier molecular flexibility index (Phi) is 4.79. The highest BCUT2D eigenvalue weighted by atomic mass is 16.5. The van der Waals surface area contributed by atoms with Crippen LogP contribution >= 0.6 is 0 Å². The molecule has 4 rings (SSSR count). The summed E-state index contributed by atoms with van der Waals surface area (Å²) >= 11 is 0. The van der Waals surface area contributed by atoms with Crippen molar-refractivity contribution in [3.63, 3.8) is 0 Å². The maximum absolute atomic E-state index is 11.8. The molecule has 2 aliphatic heterocycles. The number of hydrogen-bond acceptors (Lipinski definition) is 4. The Bertz CT molecular complexity index is 847. The number of benzene rings is 2. The van der Waals surface area contributed by atoms with E-state index in [0.717, 1.165) is 48.6 Å². The molecule has 0 radical (unpaired) electrons. The van der Waals surface area contributed by atoms with Gasteiger partial charge in [0.2, 0.25) is 0 Å². The minimum absolute atomic E-state index is 0.481. The van der Waals surface area contributed by atoms with Crippen LogP contribution in [0.25, 0.3) is 0 Å². The molecule has 0 amide bonds. The summed E-state index contributed by atoms with van der Waals surface area (Å²) in [7, 11) is 3.35. The Morgan fingerprint density at radius 2 is 1.74 bits per heavy atom. The number of anilines is 1. The Morgan fingerprint density at radius 1 is 0.963 bits per heavy atom. The van der Waals surface area contributed by atoms with Crippen LogP contribution in [-0.4, -0.2) is 42.8 Å². The van der Waals surface area contributed by atoms with E-state index in [-0.39, 0.29) is 0 Å². The fraction of sp³-hybridized carbons (Fsp3) is 0.409. The molecule has 0 saturated heterocycles. The van der Waals surface area contributed by atoms with Crippen LogP contribution in [-0.2, 0) is 5.72 Å². The molecule has 5 heteroatoms. The second-order valence-electron chi connectivity index (χ2n) is 7.18. The lowest BCUT2D eigenvalue weighted by molar-refractivity contribution is -0.658. The van der Waals surface area contributed by atoms with Crippen LogP contribution in [0.3, 0.4) is 0 Å². The van der Waals surface area contributed by atoms with Gasteiger partial charge in [0.15, 0.2) is 18.0 Å². The summed E-state index contributed by atoms with van der Waals surface area (Å²) in [6, 6.07) is 15.8. The van der Waals surface area contributed by atoms with Crippen LogP contribution in [0.2, 0.25) is 0 Å². The monoisotopic (exact) mass is 367 g/mol. The SMILES string of the molecule is COc1ccc([C@]2(O)CN(c3ccccc3OC)C3=[N+]2CCCCC3)cc1. The van der Waals surface area contributed by atoms with Crippen molar-refractivity contribution in [2.75, 3.05) is 32.2 Å². The topological polar surface area (TPSA) is 44.9 Å². The van der Waals surface area contributed by atoms with E-state index < -0.39 is 5.72 Å². The van der Waals surface area contributed by atoms with Crippen molar-refractivity contribution in [1.29, 1.82) is 0 Å². The van der Waals surface area contributed by atoms with Crippen LogP contribution < -0.4 is 14.4 Å². The Labute approximate surface area is 160 Å². The fourth-order valence-corrected chi connectivity index (χ4v) is 4.25. The van der Waals surface area contributed by atoms with Gasteiger partial charge in [0.1, 0.15) is 5.75 Å². The van der Waals surface area contributed by atoms with Crippen molar-refractivity contribution in [3.8, 4) is 11.5 Å². The molecule has 1 N–H and O–H groups in total. The molecular formula is C22H27N2O3+. The van der Waals surface area contributed by atoms with Crippen LogP contribution in [0.4, 0.5) is 5.69 Å². The molecule has 2 heterocycles. The number of aliphatic hydroxyl groups is 1. The van der Waals surface area contributed by atoms with Crippen molar-refractivity contribution >= 4 is 11.5 Å². The first-order valence-electron chi connectivity index (χ1n) is 9.58. The molecule has 2 aromatic rings. The van der Waals surface area contributed by atoms with Gasteiger partial charge in [0, 0.05) is 12.0 Å². The third-order valence-electron chi connectivity index (χ3n) is 5.66. The molecule has 0 unspecified atom stereocenters. The standard InChI is InChI=1S/C22H27N2O3/c1-26-18-13-11-17(12-14-18)22(25)16-23(19-8-5-6-9-20(19)27-2)21-10-4-3-7-15-24(21)22/h5-6,8-9,11-14,25H,3-4,7,10,15-16H2,1-2H3/q+1/t22-/m1/s1. The third-order valence-corrected chi connectivity index (χ3v) is 5.66. The molecule has 0 spiro atoms. The van der Waals surface area contributed by atoms with E-state index in [1.807, 2.05) is 42.5 Å². The zero-order valence-corrected chi connectivity index (χ0v) is 16.0. The fourth-order valence-electron chi connectivity index (χ4n) is 4.25. The summed E-state index contributed by atoms with van der Waals surface area (Å²) in [5, 5.41) is 11.8. The first-order chi connectivity index (χ1) is 13.2. The minimum Gasteiger partial charge on any atom is -0.497 e. The van der Waals surface area contributed by atoms with Gasteiger partial charge in [0.05, 0.1) is 20.8 Å². The summed E-state index contributed by atoms with van der Waals surface area (Å²) in [5.41, 5.74) is 0.832. The molecule has 27 heavy (non-hydrogen) atoms. The number of nitrogens with zero attached hydrogens (tertiary/aromatic N) is 2. The van der Waals surface area contributed by atoms with E-state index in [4.69, 9.17) is 9.47 Å². The van der Waals surface area contributed by atoms with E-state index in [1.54, 1.807) is 14.2 Å². The maximum atomic E-state index is 11.8. The van der Waals surface area contributed by atoms with Crippen molar-refractivity contribution in [2.45, 2.75) is 31.4 Å². The summed E-state index contributed by atoms with van der Waals surface area (Å²) in [6.45, 7) is 1.33. The van der Waals surface area contributed by atoms with Gasteiger partial charge in [0.25, 0.3) is 11.6 Å². The molecular weight excluding hydrogens is 340 g/mol. The zero-order chi connectivity index (χ0) is 18.9. The van der Waals surface area contributed by atoms with Crippen molar-refractivity contribution in [3.05, 3.63) is 54.1 Å². The normalized spacial score (nSPS) is 22.4. The van der Waals surface area contributed by atoms with Gasteiger partial charge in [-0.3, -0.25) is 0 Å². The van der Waals surface area contributed by atoms with E-state index in [1.165, 1.54) is 12.3 Å². The Hall–Kier alpha value is -2.53. The molecule has 0 aromatic heterocycles. The van der Waals surface area contributed by atoms with E-state index in [9.17, 15) is 5.11 Å². The quantitative estimate of drug-likeness (QED) is 0.842. The third kappa shape index (κ3) is 3.06. The van der Waals surface area contributed by atoms with E-state index >= 15 is 0 Å². The number of rotatable bonds is 4. The van der Waals surface area contributed by atoms with Gasteiger partial charge in [-0.2, -0.15) is 0 Å². The number of hydrogen-bond donors (Lipinski definition) is 1. The smallest absolute Gasteiger partial charge is 0.271 e. The molecule has 0 bridgehead atoms. The van der Waals surface area contributed by atoms with Gasteiger partial charge in [-0.05, 0) is 55.7 Å². The molecule has 0 saturated carbocycles. The van der Waals surface area contributed by atoms with Gasteiger partial charge in [-0.1, -0.05) is 12.1 Å². The molecule has 2 aromatic carbocycles. The number of methoxy groups -OCH3 is 2. The summed E-state index contributed by atoms with van der Waals surface area (Å²) in [6.07, 6.45) is 4.35. The van der Waals surface area contributed by atoms with Crippen LogP contribution in [0, 0.1) is 0 Å². The maximum Gasteiger partial charge on any atom is 0.271 e. The lowest BCUT2D eigenvalue weighted by atomic mass is 10.0. The van der Waals surface area contributed by atoms with Crippen molar-refractivity contribution < 1.29 is 19.2 Å². The number of para-hydroxylation sites is 2. The van der Waals surface area contributed by atoms with Gasteiger partial charge in [-0.25, -0.2) is 9.48 Å². The highest BCUT2D eigenvalue weighted by molar-refractivity contribution is 5.97. The summed E-state index contributed by atoms with van der Waals surface area (Å²) in [4.78, 5) is 2.23. The van der Waals surface area contributed by atoms with Gasteiger partial charge in [-0.15, -0.1) is 0 Å². The molecule has 2 aliphatic rings. The minimum atomic E-state index is -1.06. The predicted molar refractivity (Wildman–Crippen MR) is 106 cm³/mol. The molecule has 0 aliphatic carbocycles. The molecule has 142 valence electrons. The highest BCUT2D eigenvalue weighted by Crippen LogP contribution is 2.38. The first kappa shape index (κ1) is 17.9. The van der Waals surface area contributed by atoms with Crippen molar-refractivity contribution in [2.24, 2.45) is 0 Å². The molecule has 1 atom stereocenters. The first-order valence-corrected chi connectivity index (χ1v) is 9.58. The second-order valence-corrected chi connectivity index (χ2v) is 7.18. The number of β-amino-alcohol motifs (C(OH)–C–C–N with tert-alkyl or cyclic N) is 1. The zero-order valence-electron chi connectivity index (χ0n) is 16.0. The lowest BCUT2D eigenvalue weighted by Crippen LogP contribution is -2.41. The second kappa shape index (κ2) is 7.24. The van der Waals surface area contributed by atoms with Crippen LogP contribution in [0.15, 0.2) is 48.5 Å². The number of ether oxygens (including phenoxy) is 2. The van der Waals surface area contributed by atoms with E-state index in [2.05, 4.69) is 15.5 Å². The Morgan fingerprint density at radius 3 is 2.48 bits per heavy atom. The summed E-state index contributed by atoms with van der Waals surface area (Å²) < 4.78 is 13.1. The van der Waals surface area contributed by atoms with E-state index in [0.29, 0.717) is 6.54 Å². The molecule has 0 fully saturated rings. The van der Waals surface area contributed by atoms with Crippen LogP contribution in [0.5, 0.6) is 11.5 Å².